The van der Waals surface area contributed by atoms with Crippen molar-refractivity contribution in [3.8, 4) is 0 Å². The Balaban J connectivity index is 1.65. The zero-order valence-electron chi connectivity index (χ0n) is 18.9. The van der Waals surface area contributed by atoms with Gasteiger partial charge in [-0.2, -0.15) is 0 Å². The minimum Gasteiger partial charge on any atom is -0.356 e. The van der Waals surface area contributed by atoms with Gasteiger partial charge in [-0.3, -0.25) is 0 Å². The molecule has 162 valence electrons. The van der Waals surface area contributed by atoms with Crippen molar-refractivity contribution in [3.63, 3.8) is 0 Å². The Morgan fingerprint density at radius 2 is 2.07 bits per heavy atom. The van der Waals surface area contributed by atoms with Crippen molar-refractivity contribution in [2.75, 3.05) is 31.1 Å². The van der Waals surface area contributed by atoms with E-state index < -0.39 is 0 Å². The molecule has 0 spiro atoms. The lowest BCUT2D eigenvalue weighted by Crippen LogP contribution is -2.23. The molecule has 3 nitrogen and oxygen atoms in total. The van der Waals surface area contributed by atoms with Crippen LogP contribution in [-0.2, 0) is 0 Å². The molecule has 0 saturated carbocycles. The molecule has 1 aliphatic rings. The fourth-order valence-corrected chi connectivity index (χ4v) is 4.59. The Morgan fingerprint density at radius 1 is 1.24 bits per heavy atom. The maximum Gasteiger partial charge on any atom is 0.128 e. The second-order valence-corrected chi connectivity index (χ2v) is 8.86. The number of aromatic nitrogens is 1. The number of nitrogens with zero attached hydrogens (tertiary/aromatic N) is 2. The van der Waals surface area contributed by atoms with Gasteiger partial charge in [0.1, 0.15) is 5.82 Å². The molecule has 3 heteroatoms. The Hall–Kier alpha value is -1.57. The minimum absolute atomic E-state index is 0.598. The largest absolute Gasteiger partial charge is 0.356 e. The lowest BCUT2D eigenvalue weighted by atomic mass is 9.82. The predicted octanol–water partition coefficient (Wildman–Crippen LogP) is 6.23. The van der Waals surface area contributed by atoms with E-state index in [-0.39, 0.29) is 0 Å². The molecular formula is C26H43N3. The van der Waals surface area contributed by atoms with Gasteiger partial charge in [0.05, 0.1) is 0 Å². The van der Waals surface area contributed by atoms with Crippen molar-refractivity contribution in [2.24, 2.45) is 17.8 Å². The Kier molecular flexibility index (Phi) is 11.8. The van der Waals surface area contributed by atoms with E-state index in [4.69, 9.17) is 0 Å². The highest BCUT2D eigenvalue weighted by molar-refractivity contribution is 5.39. The van der Waals surface area contributed by atoms with Crippen LogP contribution in [0.3, 0.4) is 0 Å². The molecule has 1 saturated heterocycles. The topological polar surface area (TPSA) is 28.2 Å². The summed E-state index contributed by atoms with van der Waals surface area (Å²) in [6.07, 6.45) is 16.1. The van der Waals surface area contributed by atoms with Crippen LogP contribution in [0.5, 0.6) is 0 Å². The predicted molar refractivity (Wildman–Crippen MR) is 126 cm³/mol. The highest BCUT2D eigenvalue weighted by Gasteiger charge is 2.29. The van der Waals surface area contributed by atoms with Crippen LogP contribution >= 0.6 is 0 Å². The van der Waals surface area contributed by atoms with Crippen molar-refractivity contribution in [2.45, 2.75) is 71.6 Å². The van der Waals surface area contributed by atoms with Gasteiger partial charge < -0.3 is 10.2 Å². The third-order valence-electron chi connectivity index (χ3n) is 6.29. The molecule has 3 unspecified atom stereocenters. The number of anilines is 1. The molecule has 1 aromatic rings. The Labute approximate surface area is 179 Å². The van der Waals surface area contributed by atoms with Gasteiger partial charge in [-0.1, -0.05) is 58.6 Å². The number of rotatable bonds is 15. The van der Waals surface area contributed by atoms with Gasteiger partial charge in [0.15, 0.2) is 0 Å². The summed E-state index contributed by atoms with van der Waals surface area (Å²) in [6.45, 7) is 13.1. The van der Waals surface area contributed by atoms with E-state index in [2.05, 4.69) is 59.6 Å². The molecule has 2 rings (SSSR count). The maximum atomic E-state index is 4.53. The molecule has 0 aromatic carbocycles. The van der Waals surface area contributed by atoms with Crippen LogP contribution in [-0.4, -0.2) is 31.2 Å². The number of pyridine rings is 1. The minimum atomic E-state index is 0.598. The number of hydrogen-bond acceptors (Lipinski definition) is 3. The van der Waals surface area contributed by atoms with E-state index in [1.54, 1.807) is 0 Å². The summed E-state index contributed by atoms with van der Waals surface area (Å²) < 4.78 is 0. The first-order valence-electron chi connectivity index (χ1n) is 12.0. The molecule has 1 aliphatic heterocycles. The van der Waals surface area contributed by atoms with E-state index in [1.807, 2.05) is 12.3 Å². The molecule has 0 aliphatic carbocycles. The molecule has 3 atom stereocenters. The number of hydrogen-bond donors (Lipinski definition) is 1. The third kappa shape index (κ3) is 9.19. The van der Waals surface area contributed by atoms with E-state index in [0.29, 0.717) is 11.8 Å². The average molecular weight is 398 g/mol. The van der Waals surface area contributed by atoms with E-state index in [9.17, 15) is 0 Å². The second-order valence-electron chi connectivity index (χ2n) is 8.86. The van der Waals surface area contributed by atoms with Crippen LogP contribution in [0.2, 0.25) is 0 Å². The first-order chi connectivity index (χ1) is 14.2. The molecule has 1 aromatic heterocycles. The first-order valence-corrected chi connectivity index (χ1v) is 12.0. The van der Waals surface area contributed by atoms with Crippen LogP contribution < -0.4 is 10.2 Å². The zero-order chi connectivity index (χ0) is 20.7. The lowest BCUT2D eigenvalue weighted by Gasteiger charge is -2.24. The number of unbranched alkanes of at least 4 members (excludes halogenated alkanes) is 4. The fraction of sp³-hybridized carbons (Fsp3) is 0.692. The second kappa shape index (κ2) is 14.4. The van der Waals surface area contributed by atoms with Crippen LogP contribution in [0.25, 0.3) is 0 Å². The summed E-state index contributed by atoms with van der Waals surface area (Å²) in [5.41, 5.74) is 3.09. The number of nitrogens with one attached hydrogen (secondary N) is 1. The van der Waals surface area contributed by atoms with Crippen LogP contribution in [0.15, 0.2) is 42.8 Å². The monoisotopic (exact) mass is 397 g/mol. The SMILES string of the molecule is C=C=CC(CC(C)CCCCCCCNCCC)C1CCN(c2ccccn2)C1. The summed E-state index contributed by atoms with van der Waals surface area (Å²) in [4.78, 5) is 6.97. The van der Waals surface area contributed by atoms with Gasteiger partial charge in [0.2, 0.25) is 0 Å². The van der Waals surface area contributed by atoms with E-state index >= 15 is 0 Å². The zero-order valence-corrected chi connectivity index (χ0v) is 18.9. The van der Waals surface area contributed by atoms with E-state index in [1.165, 1.54) is 70.9 Å². The van der Waals surface area contributed by atoms with Crippen molar-refractivity contribution in [3.05, 3.63) is 42.8 Å². The van der Waals surface area contributed by atoms with Gasteiger partial charge in [-0.25, -0.2) is 4.98 Å². The van der Waals surface area contributed by atoms with Crippen LogP contribution in [0.1, 0.15) is 71.6 Å². The van der Waals surface area contributed by atoms with Crippen LogP contribution in [0, 0.1) is 17.8 Å². The quantitative estimate of drug-likeness (QED) is 0.281. The smallest absolute Gasteiger partial charge is 0.128 e. The van der Waals surface area contributed by atoms with Crippen molar-refractivity contribution >= 4 is 5.82 Å². The summed E-state index contributed by atoms with van der Waals surface area (Å²) in [5, 5.41) is 3.50. The number of allylic oxidation sites excluding steroid dienone is 1. The van der Waals surface area contributed by atoms with Crippen molar-refractivity contribution in [1.82, 2.24) is 10.3 Å². The van der Waals surface area contributed by atoms with Gasteiger partial charge in [-0.15, -0.1) is 5.73 Å². The third-order valence-corrected chi connectivity index (χ3v) is 6.29. The molecule has 1 fully saturated rings. The molecule has 1 N–H and O–H groups in total. The summed E-state index contributed by atoms with van der Waals surface area (Å²) in [5.74, 6) is 3.19. The van der Waals surface area contributed by atoms with Gasteiger partial charge in [-0.05, 0) is 74.7 Å². The van der Waals surface area contributed by atoms with E-state index in [0.717, 1.165) is 24.8 Å². The Morgan fingerprint density at radius 3 is 2.83 bits per heavy atom. The molecule has 0 radical (unpaired) electrons. The normalized spacial score (nSPS) is 18.4. The summed E-state index contributed by atoms with van der Waals surface area (Å²) in [6, 6.07) is 6.20. The molecule has 0 bridgehead atoms. The molecule has 29 heavy (non-hydrogen) atoms. The van der Waals surface area contributed by atoms with Gasteiger partial charge >= 0.3 is 0 Å². The first kappa shape index (κ1) is 23.7. The van der Waals surface area contributed by atoms with Crippen molar-refractivity contribution in [1.29, 1.82) is 0 Å². The summed E-state index contributed by atoms with van der Waals surface area (Å²) in [7, 11) is 0. The van der Waals surface area contributed by atoms with Crippen molar-refractivity contribution < 1.29 is 0 Å². The summed E-state index contributed by atoms with van der Waals surface area (Å²) >= 11 is 0. The molecule has 2 heterocycles. The average Bonchev–Trinajstić information content (AvgIpc) is 3.23. The molecular weight excluding hydrogens is 354 g/mol. The fourth-order valence-electron chi connectivity index (χ4n) is 4.59. The van der Waals surface area contributed by atoms with Gasteiger partial charge in [0, 0.05) is 19.3 Å². The van der Waals surface area contributed by atoms with Crippen LogP contribution in [0.4, 0.5) is 5.82 Å². The van der Waals surface area contributed by atoms with Gasteiger partial charge in [0.25, 0.3) is 0 Å². The maximum absolute atomic E-state index is 4.53. The lowest BCUT2D eigenvalue weighted by molar-refractivity contribution is 0.330. The Bertz CT molecular complexity index is 579. The highest BCUT2D eigenvalue weighted by Crippen LogP contribution is 2.33. The highest BCUT2D eigenvalue weighted by atomic mass is 15.2. The molecule has 0 amide bonds. The standard InChI is InChI=1S/C26H43N3/c1-4-13-24(25-16-20-29(22-25)26-15-10-12-19-28-26)21-23(3)14-9-7-6-8-11-18-27-17-5-2/h10,12-13,15,19,23-25,27H,1,5-9,11,14,16-18,20-22H2,2-3H3.